The van der Waals surface area contributed by atoms with Crippen LogP contribution < -0.4 is 34.7 Å². The van der Waals surface area contributed by atoms with Crippen molar-refractivity contribution in [2.75, 3.05) is 13.1 Å². The molecule has 31 heavy (non-hydrogen) atoms. The summed E-state index contributed by atoms with van der Waals surface area (Å²) in [6, 6.07) is -2.03. The van der Waals surface area contributed by atoms with E-state index in [1.165, 1.54) is 6.08 Å². The van der Waals surface area contributed by atoms with Crippen molar-refractivity contribution in [2.45, 2.75) is 50.0 Å². The molecule has 5 rings (SSSR count). The predicted octanol–water partition coefficient (Wildman–Crippen LogP) is -3.68. The van der Waals surface area contributed by atoms with Crippen LogP contribution in [0.25, 0.3) is 0 Å². The Bertz CT molecular complexity index is 958. The number of carbonyl (C=O) groups is 4. The molecule has 12 heteroatoms. The summed E-state index contributed by atoms with van der Waals surface area (Å²) >= 11 is 0. The monoisotopic (exact) mass is 447 g/mol. The third-order valence-corrected chi connectivity index (χ3v) is 6.63. The average Bonchev–Trinajstić information content (AvgIpc) is 3.38. The SMILES string of the molecule is O=C([O-])C1=C(/C=C2\CCN(C3CC3)C2=O)C2CCN(C(=O)C(F)(F)F)[C@@H]3C(=O)N1[C@H]23.[Na+]. The van der Waals surface area contributed by atoms with E-state index in [0.29, 0.717) is 23.4 Å². The molecule has 3 saturated heterocycles. The molecule has 4 heterocycles. The number of halogens is 3. The van der Waals surface area contributed by atoms with Gasteiger partial charge in [-0.2, -0.15) is 13.2 Å². The van der Waals surface area contributed by atoms with E-state index in [1.54, 1.807) is 4.90 Å². The standard InChI is InChI=1S/C19H18F3N3O5.Na/c20-19(21,22)18(30)24-6-4-10-11(7-8-3-5-23(15(8)26)9-1-2-9)13(17(28)29)25-12(10)14(24)16(25)27;/h7,9-10,12,14H,1-6H2,(H,28,29);/q;+1/p-1/b8-7+;/t10?,12-,14+;/m1./s1. The number of carboxylic acids is 1. The van der Waals surface area contributed by atoms with Gasteiger partial charge in [-0.1, -0.05) is 0 Å². The van der Waals surface area contributed by atoms with Crippen molar-refractivity contribution in [1.82, 2.24) is 14.7 Å². The fraction of sp³-hybridized carbons (Fsp3) is 0.579. The maximum Gasteiger partial charge on any atom is 1.00 e. The van der Waals surface area contributed by atoms with Crippen LogP contribution in [0.15, 0.2) is 22.9 Å². The van der Waals surface area contributed by atoms with Crippen LogP contribution in [-0.2, 0) is 19.2 Å². The summed E-state index contributed by atoms with van der Waals surface area (Å²) in [7, 11) is 0. The van der Waals surface area contributed by atoms with Crippen molar-refractivity contribution in [3.8, 4) is 0 Å². The summed E-state index contributed by atoms with van der Waals surface area (Å²) < 4.78 is 38.7. The molecule has 5 aliphatic rings. The Morgan fingerprint density at radius 3 is 2.35 bits per heavy atom. The number of aliphatic carboxylic acids is 1. The second kappa shape index (κ2) is 7.35. The van der Waals surface area contributed by atoms with Crippen molar-refractivity contribution in [3.05, 3.63) is 22.9 Å². The Morgan fingerprint density at radius 2 is 1.77 bits per heavy atom. The first kappa shape index (κ1) is 22.3. The van der Waals surface area contributed by atoms with Crippen molar-refractivity contribution < 1.29 is 67.0 Å². The van der Waals surface area contributed by atoms with Gasteiger partial charge in [-0.15, -0.1) is 0 Å². The number of nitrogens with zero attached hydrogens (tertiary/aromatic N) is 3. The molecule has 0 spiro atoms. The number of β-lactam (4-membered cyclic amide) rings is 1. The first-order valence-corrected chi connectivity index (χ1v) is 9.79. The summed E-state index contributed by atoms with van der Waals surface area (Å²) in [6.07, 6.45) is -1.28. The van der Waals surface area contributed by atoms with Crippen LogP contribution in [0.5, 0.6) is 0 Å². The Labute approximate surface area is 197 Å². The molecule has 1 saturated carbocycles. The zero-order valence-corrected chi connectivity index (χ0v) is 18.6. The molecule has 0 aromatic heterocycles. The molecule has 1 aliphatic carbocycles. The molecule has 3 atom stereocenters. The molecule has 4 aliphatic heterocycles. The second-order valence-corrected chi connectivity index (χ2v) is 8.28. The van der Waals surface area contributed by atoms with Crippen LogP contribution in [0.4, 0.5) is 13.2 Å². The number of rotatable bonds is 3. The summed E-state index contributed by atoms with van der Waals surface area (Å²) in [6.45, 7) is 0.218. The third-order valence-electron chi connectivity index (χ3n) is 6.63. The van der Waals surface area contributed by atoms with E-state index in [0.717, 1.165) is 17.7 Å². The van der Waals surface area contributed by atoms with Crippen LogP contribution >= 0.6 is 0 Å². The minimum atomic E-state index is -5.12. The third kappa shape index (κ3) is 3.23. The van der Waals surface area contributed by atoms with Crippen molar-refractivity contribution in [1.29, 1.82) is 0 Å². The van der Waals surface area contributed by atoms with Gasteiger partial charge in [-0.25, -0.2) is 0 Å². The van der Waals surface area contributed by atoms with Crippen molar-refractivity contribution >= 4 is 23.7 Å². The van der Waals surface area contributed by atoms with E-state index in [4.69, 9.17) is 0 Å². The van der Waals surface area contributed by atoms with Gasteiger partial charge in [0.2, 0.25) is 5.91 Å². The van der Waals surface area contributed by atoms with Gasteiger partial charge in [0.15, 0.2) is 0 Å². The molecule has 0 N–H and O–H groups in total. The normalized spacial score (nSPS) is 31.1. The molecular weight excluding hydrogens is 430 g/mol. The van der Waals surface area contributed by atoms with Gasteiger partial charge in [0.1, 0.15) is 6.04 Å². The van der Waals surface area contributed by atoms with Crippen molar-refractivity contribution in [2.24, 2.45) is 5.92 Å². The minimum absolute atomic E-state index is 0. The van der Waals surface area contributed by atoms with Gasteiger partial charge in [-0.05, 0) is 37.3 Å². The number of amides is 3. The Kier molecular flexibility index (Phi) is 5.30. The number of hydrogen-bond donors (Lipinski definition) is 0. The van der Waals surface area contributed by atoms with E-state index in [9.17, 15) is 37.5 Å². The van der Waals surface area contributed by atoms with Crippen LogP contribution in [0.1, 0.15) is 25.7 Å². The quantitative estimate of drug-likeness (QED) is 0.252. The smallest absolute Gasteiger partial charge is 0.543 e. The van der Waals surface area contributed by atoms with Crippen LogP contribution in [0.3, 0.4) is 0 Å². The summed E-state index contributed by atoms with van der Waals surface area (Å²) in [5, 5.41) is 11.8. The average molecular weight is 447 g/mol. The molecule has 3 amide bonds. The van der Waals surface area contributed by atoms with Gasteiger partial charge >= 0.3 is 41.6 Å². The molecule has 4 fully saturated rings. The van der Waals surface area contributed by atoms with Gasteiger partial charge in [0.05, 0.1) is 17.7 Å². The zero-order chi connectivity index (χ0) is 21.5. The number of allylic oxidation sites excluding steroid dienone is 1. The maximum absolute atomic E-state index is 12.9. The van der Waals surface area contributed by atoms with Gasteiger partial charge in [0.25, 0.3) is 5.91 Å². The molecule has 0 radical (unpaired) electrons. The first-order chi connectivity index (χ1) is 14.1. The largest absolute Gasteiger partial charge is 1.00 e. The number of hydrogen-bond acceptors (Lipinski definition) is 5. The first-order valence-electron chi connectivity index (χ1n) is 9.79. The van der Waals surface area contributed by atoms with E-state index < -0.39 is 47.7 Å². The van der Waals surface area contributed by atoms with Gasteiger partial charge in [-0.3, -0.25) is 14.4 Å². The van der Waals surface area contributed by atoms with Gasteiger partial charge < -0.3 is 24.6 Å². The maximum atomic E-state index is 12.9. The summed E-state index contributed by atoms with van der Waals surface area (Å²) in [4.78, 5) is 51.9. The number of carboxylic acid groups (broad SMARTS) is 1. The number of piperidine rings is 1. The molecule has 0 aromatic rings. The molecule has 0 bridgehead atoms. The molecular formula is C19H17F3N3NaO5. The van der Waals surface area contributed by atoms with E-state index in [1.807, 2.05) is 0 Å². The topological polar surface area (TPSA) is 101 Å². The second-order valence-electron chi connectivity index (χ2n) is 8.28. The number of carbonyl (C=O) groups excluding carboxylic acids is 4. The Hall–Kier alpha value is -1.85. The number of alkyl halides is 3. The van der Waals surface area contributed by atoms with Crippen molar-refractivity contribution in [3.63, 3.8) is 0 Å². The van der Waals surface area contributed by atoms with Crippen LogP contribution in [-0.4, -0.2) is 75.8 Å². The Morgan fingerprint density at radius 1 is 1.10 bits per heavy atom. The fourth-order valence-electron chi connectivity index (χ4n) is 5.19. The van der Waals surface area contributed by atoms with Gasteiger partial charge in [0, 0.05) is 30.6 Å². The van der Waals surface area contributed by atoms with E-state index >= 15 is 0 Å². The fourth-order valence-corrected chi connectivity index (χ4v) is 5.19. The van der Waals surface area contributed by atoms with E-state index in [2.05, 4.69) is 0 Å². The molecule has 8 nitrogen and oxygen atoms in total. The van der Waals surface area contributed by atoms with Crippen LogP contribution in [0, 0.1) is 5.92 Å². The van der Waals surface area contributed by atoms with E-state index in [-0.39, 0.29) is 60.0 Å². The summed E-state index contributed by atoms with van der Waals surface area (Å²) in [5.74, 6) is -5.34. The molecule has 0 aromatic carbocycles. The Balaban J connectivity index is 0.00000231. The predicted molar refractivity (Wildman–Crippen MR) is 89.8 cm³/mol. The van der Waals surface area contributed by atoms with Crippen LogP contribution in [0.2, 0.25) is 0 Å². The molecule has 1 unspecified atom stereocenters. The minimum Gasteiger partial charge on any atom is -0.543 e. The zero-order valence-electron chi connectivity index (χ0n) is 16.6. The number of likely N-dealkylation sites (tertiary alicyclic amines) is 2. The summed E-state index contributed by atoms with van der Waals surface area (Å²) in [5.41, 5.74) is 0.254. The molecule has 160 valence electrons.